The number of anilines is 1. The lowest BCUT2D eigenvalue weighted by atomic mass is 10.0. The van der Waals surface area contributed by atoms with Crippen molar-refractivity contribution in [2.75, 3.05) is 5.73 Å². The maximum absolute atomic E-state index is 14.5. The van der Waals surface area contributed by atoms with Gasteiger partial charge in [0.05, 0.1) is 22.1 Å². The number of hydrogen-bond donors (Lipinski definition) is 1. The lowest BCUT2D eigenvalue weighted by molar-refractivity contribution is 0.608. The van der Waals surface area contributed by atoms with Crippen molar-refractivity contribution in [3.63, 3.8) is 0 Å². The predicted molar refractivity (Wildman–Crippen MR) is 116 cm³/mol. The van der Waals surface area contributed by atoms with Crippen LogP contribution in [0.1, 0.15) is 30.9 Å². The summed E-state index contributed by atoms with van der Waals surface area (Å²) >= 11 is 5.97. The van der Waals surface area contributed by atoms with Gasteiger partial charge in [0.25, 0.3) is 0 Å². The first-order valence-electron chi connectivity index (χ1n) is 9.73. The van der Waals surface area contributed by atoms with Crippen molar-refractivity contribution in [2.45, 2.75) is 31.7 Å². The van der Waals surface area contributed by atoms with E-state index in [1.165, 1.54) is 11.1 Å². The van der Waals surface area contributed by atoms with E-state index >= 15 is 0 Å². The van der Waals surface area contributed by atoms with Crippen LogP contribution in [0.4, 0.5) is 10.2 Å². The SMILES string of the molecule is Nc1nc2cc(CCC3=CC(n4ccc5cnccc54)CC3)cc(F)c2cc1Cl. The standard InChI is InChI=1S/C23H20ClFN4/c24-19-12-18-20(25)10-15(11-21(18)28-23(19)26)2-1-14-3-4-17(9-14)29-8-6-16-13-27-7-5-22(16)29/h5-13,17H,1-4H2,(H2,26,28). The molecule has 0 spiro atoms. The van der Waals surface area contributed by atoms with Gasteiger partial charge in [-0.2, -0.15) is 0 Å². The Morgan fingerprint density at radius 3 is 3.00 bits per heavy atom. The summed E-state index contributed by atoms with van der Waals surface area (Å²) in [6.07, 6.45) is 12.0. The van der Waals surface area contributed by atoms with E-state index in [2.05, 4.69) is 38.9 Å². The fourth-order valence-corrected chi connectivity index (χ4v) is 4.37. The second-order valence-corrected chi connectivity index (χ2v) is 8.00. The van der Waals surface area contributed by atoms with E-state index in [0.717, 1.165) is 36.6 Å². The smallest absolute Gasteiger partial charge is 0.142 e. The Morgan fingerprint density at radius 1 is 1.21 bits per heavy atom. The van der Waals surface area contributed by atoms with Gasteiger partial charge in [-0.1, -0.05) is 23.3 Å². The van der Waals surface area contributed by atoms with Crippen LogP contribution in [0.3, 0.4) is 0 Å². The second-order valence-electron chi connectivity index (χ2n) is 7.59. The van der Waals surface area contributed by atoms with E-state index in [-0.39, 0.29) is 16.7 Å². The summed E-state index contributed by atoms with van der Waals surface area (Å²) in [5.41, 5.74) is 9.87. The lowest BCUT2D eigenvalue weighted by Gasteiger charge is -2.11. The third-order valence-corrected chi connectivity index (χ3v) is 6.03. The third kappa shape index (κ3) is 3.36. The zero-order valence-electron chi connectivity index (χ0n) is 15.8. The fraction of sp³-hybridized carbons (Fsp3) is 0.217. The van der Waals surface area contributed by atoms with Crippen molar-refractivity contribution < 1.29 is 4.39 Å². The molecule has 0 saturated carbocycles. The quantitative estimate of drug-likeness (QED) is 0.432. The number of nitrogens with zero attached hydrogens (tertiary/aromatic N) is 3. The van der Waals surface area contributed by atoms with Crippen LogP contribution in [0.5, 0.6) is 0 Å². The molecule has 0 aliphatic heterocycles. The molecule has 0 radical (unpaired) electrons. The summed E-state index contributed by atoms with van der Waals surface area (Å²) < 4.78 is 16.8. The zero-order valence-corrected chi connectivity index (χ0v) is 16.5. The molecule has 1 unspecified atom stereocenters. The van der Waals surface area contributed by atoms with Crippen molar-refractivity contribution >= 4 is 39.2 Å². The number of benzene rings is 1. The van der Waals surface area contributed by atoms with Gasteiger partial charge in [0, 0.05) is 29.4 Å². The Bertz CT molecular complexity index is 1260. The minimum atomic E-state index is -0.308. The Kier molecular flexibility index (Phi) is 4.47. The molecule has 4 nitrogen and oxygen atoms in total. The topological polar surface area (TPSA) is 56.7 Å². The van der Waals surface area contributed by atoms with Crippen LogP contribution in [0.15, 0.2) is 60.6 Å². The first-order valence-corrected chi connectivity index (χ1v) is 10.1. The van der Waals surface area contributed by atoms with Gasteiger partial charge in [-0.3, -0.25) is 4.98 Å². The van der Waals surface area contributed by atoms with Gasteiger partial charge in [-0.05, 0) is 61.6 Å². The summed E-state index contributed by atoms with van der Waals surface area (Å²) in [5.74, 6) is -0.0798. The molecule has 6 heteroatoms. The van der Waals surface area contributed by atoms with Crippen molar-refractivity contribution in [3.8, 4) is 0 Å². The first-order chi connectivity index (χ1) is 14.1. The van der Waals surface area contributed by atoms with Gasteiger partial charge >= 0.3 is 0 Å². The van der Waals surface area contributed by atoms with Crippen molar-refractivity contribution in [3.05, 3.63) is 77.0 Å². The molecular weight excluding hydrogens is 387 g/mol. The number of aromatic nitrogens is 3. The summed E-state index contributed by atoms with van der Waals surface area (Å²) in [6.45, 7) is 0. The molecule has 0 amide bonds. The molecule has 1 aromatic carbocycles. The third-order valence-electron chi connectivity index (χ3n) is 5.73. The number of aryl methyl sites for hydroxylation is 1. The molecule has 0 saturated heterocycles. The number of fused-ring (bicyclic) bond motifs is 2. The Hall–Kier alpha value is -2.92. The largest absolute Gasteiger partial charge is 0.382 e. The molecule has 29 heavy (non-hydrogen) atoms. The molecule has 1 atom stereocenters. The van der Waals surface area contributed by atoms with E-state index in [9.17, 15) is 4.39 Å². The minimum absolute atomic E-state index is 0.228. The van der Waals surface area contributed by atoms with Crippen LogP contribution in [-0.4, -0.2) is 14.5 Å². The molecule has 1 aliphatic carbocycles. The molecule has 0 bridgehead atoms. The number of halogens is 2. The highest BCUT2D eigenvalue weighted by Gasteiger charge is 2.19. The van der Waals surface area contributed by atoms with E-state index in [0.29, 0.717) is 16.9 Å². The van der Waals surface area contributed by atoms with Crippen LogP contribution in [-0.2, 0) is 6.42 Å². The van der Waals surface area contributed by atoms with Gasteiger partial charge in [0.2, 0.25) is 0 Å². The van der Waals surface area contributed by atoms with E-state index in [1.54, 1.807) is 12.1 Å². The average Bonchev–Trinajstić information content (AvgIpc) is 3.34. The predicted octanol–water partition coefficient (Wildman–Crippen LogP) is 5.85. The van der Waals surface area contributed by atoms with Gasteiger partial charge in [-0.25, -0.2) is 9.37 Å². The average molecular weight is 407 g/mol. The van der Waals surface area contributed by atoms with Crippen molar-refractivity contribution in [2.24, 2.45) is 0 Å². The molecular formula is C23H20ClFN4. The number of nitrogens with two attached hydrogens (primary N) is 1. The highest BCUT2D eigenvalue weighted by Crippen LogP contribution is 2.34. The number of hydrogen-bond acceptors (Lipinski definition) is 3. The lowest BCUT2D eigenvalue weighted by Crippen LogP contribution is -2.01. The number of nitrogen functional groups attached to an aromatic ring is 1. The number of rotatable bonds is 4. The Labute approximate surface area is 172 Å². The molecule has 5 rings (SSSR count). The van der Waals surface area contributed by atoms with Crippen LogP contribution in [0, 0.1) is 5.82 Å². The van der Waals surface area contributed by atoms with Gasteiger partial charge in [-0.15, -0.1) is 0 Å². The van der Waals surface area contributed by atoms with Crippen LogP contribution < -0.4 is 5.73 Å². The molecule has 4 aromatic rings. The van der Waals surface area contributed by atoms with Crippen LogP contribution in [0.25, 0.3) is 21.8 Å². The summed E-state index contributed by atoms with van der Waals surface area (Å²) in [5, 5.41) is 1.84. The maximum atomic E-state index is 14.5. The van der Waals surface area contributed by atoms with E-state index in [4.69, 9.17) is 17.3 Å². The second kappa shape index (κ2) is 7.16. The Balaban J connectivity index is 1.35. The van der Waals surface area contributed by atoms with E-state index < -0.39 is 0 Å². The van der Waals surface area contributed by atoms with Crippen molar-refractivity contribution in [1.82, 2.24) is 14.5 Å². The van der Waals surface area contributed by atoms with Crippen molar-refractivity contribution in [1.29, 1.82) is 0 Å². The molecule has 1 aliphatic rings. The number of pyridine rings is 2. The molecule has 2 N–H and O–H groups in total. The van der Waals surface area contributed by atoms with Gasteiger partial charge < -0.3 is 10.3 Å². The molecule has 3 aromatic heterocycles. The molecule has 0 fully saturated rings. The Morgan fingerprint density at radius 2 is 2.10 bits per heavy atom. The highest BCUT2D eigenvalue weighted by molar-refractivity contribution is 6.33. The normalized spacial score (nSPS) is 16.6. The fourth-order valence-electron chi connectivity index (χ4n) is 4.22. The highest BCUT2D eigenvalue weighted by atomic mass is 35.5. The minimum Gasteiger partial charge on any atom is -0.382 e. The first kappa shape index (κ1) is 18.1. The van der Waals surface area contributed by atoms with Gasteiger partial charge in [0.1, 0.15) is 11.6 Å². The van der Waals surface area contributed by atoms with Gasteiger partial charge in [0.15, 0.2) is 0 Å². The molecule has 146 valence electrons. The maximum Gasteiger partial charge on any atom is 0.142 e. The summed E-state index contributed by atoms with van der Waals surface area (Å²) in [6, 6.07) is 9.56. The summed E-state index contributed by atoms with van der Waals surface area (Å²) in [4.78, 5) is 8.42. The van der Waals surface area contributed by atoms with E-state index in [1.807, 2.05) is 18.5 Å². The number of allylic oxidation sites excluding steroid dienone is 2. The zero-order chi connectivity index (χ0) is 20.0. The van der Waals surface area contributed by atoms with Crippen LogP contribution in [0.2, 0.25) is 5.02 Å². The monoisotopic (exact) mass is 406 g/mol. The molecule has 3 heterocycles. The summed E-state index contributed by atoms with van der Waals surface area (Å²) in [7, 11) is 0. The van der Waals surface area contributed by atoms with Crippen LogP contribution >= 0.6 is 11.6 Å².